The van der Waals surface area contributed by atoms with Gasteiger partial charge in [-0.05, 0) is 102 Å². The van der Waals surface area contributed by atoms with Crippen molar-refractivity contribution in [2.24, 2.45) is 0 Å². The van der Waals surface area contributed by atoms with E-state index in [1.54, 1.807) is 0 Å². The van der Waals surface area contributed by atoms with E-state index in [9.17, 15) is 0 Å². The Bertz CT molecular complexity index is 8790. The van der Waals surface area contributed by atoms with Crippen LogP contribution >= 0.6 is 11.3 Å². The maximum Gasteiger partial charge on any atom is 0.164 e. The molecule has 0 bridgehead atoms. The Morgan fingerprint density at radius 2 is 0.540 bits per heavy atom. The number of hydrogen-bond acceptors (Lipinski definition) is 8. The van der Waals surface area contributed by atoms with Crippen molar-refractivity contribution >= 4 is 141 Å². The van der Waals surface area contributed by atoms with Gasteiger partial charge < -0.3 is 22.7 Å². The van der Waals surface area contributed by atoms with E-state index >= 15 is 0 Å². The van der Waals surface area contributed by atoms with Crippen LogP contribution in [-0.4, -0.2) is 48.2 Å². The van der Waals surface area contributed by atoms with Crippen molar-refractivity contribution in [3.63, 3.8) is 0 Å². The molecule has 0 aliphatic heterocycles. The summed E-state index contributed by atoms with van der Waals surface area (Å²) < 4.78 is 19.5. The summed E-state index contributed by atoms with van der Waals surface area (Å²) in [5, 5.41) is 13.4. The minimum Gasteiger partial charge on any atom is -0.455 e. The summed E-state index contributed by atoms with van der Waals surface area (Å²) in [5.74, 6) is 3.23. The zero-order valence-corrected chi connectivity index (χ0v) is 68.4. The van der Waals surface area contributed by atoms with Crippen molar-refractivity contribution in [1.82, 2.24) is 48.2 Å². The van der Waals surface area contributed by atoms with Crippen LogP contribution in [0.15, 0.2) is 417 Å². The summed E-state index contributed by atoms with van der Waals surface area (Å²) in [6.45, 7) is 0. The molecule has 0 unspecified atom stereocenters. The van der Waals surface area contributed by atoms with Crippen LogP contribution in [0.25, 0.3) is 254 Å². The first-order chi connectivity index (χ1) is 62.5. The van der Waals surface area contributed by atoms with Crippen molar-refractivity contribution in [3.8, 4) is 124 Å². The first-order valence-electron chi connectivity index (χ1n) is 42.5. The van der Waals surface area contributed by atoms with Crippen LogP contribution in [0.2, 0.25) is 0 Å². The highest BCUT2D eigenvalue weighted by atomic mass is 32.1. The lowest BCUT2D eigenvalue weighted by Crippen LogP contribution is -2.08. The van der Waals surface area contributed by atoms with Gasteiger partial charge in [-0.2, -0.15) is 0 Å². The Balaban J connectivity index is 0.730. The first kappa shape index (κ1) is 71.0. The molecule has 26 rings (SSSR count). The van der Waals surface area contributed by atoms with Gasteiger partial charge in [0.25, 0.3) is 0 Å². The minimum absolute atomic E-state index is 0.491. The van der Waals surface area contributed by atoms with E-state index in [0.717, 1.165) is 203 Å². The van der Waals surface area contributed by atoms with Crippen molar-refractivity contribution in [1.29, 1.82) is 0 Å². The SMILES string of the molecule is c1ccc(-c2nc(-c3cccc(-c4cccc5c4c4ccccc4n5-c4ccc(-c5nc(-c6ccccc6)nc(-c6ccccc6)n5)c(-c5cccc6c5sc5ccccc56)c4-n4c5ccccc5c5ccccc54)c3)nc(-c3ccc(-n4c5ccccc5c5ccccc54)c(-n4c5ccccc5c5ccccc54)c3-c3cccc4c3oc3ccccc34)n2)cc1. The lowest BCUT2D eigenvalue weighted by molar-refractivity contribution is 0.670. The number of fused-ring (bicyclic) bond motifs is 18. The van der Waals surface area contributed by atoms with Crippen LogP contribution in [0, 0.1) is 0 Å². The second-order valence-electron chi connectivity index (χ2n) is 32.2. The van der Waals surface area contributed by atoms with Gasteiger partial charge >= 0.3 is 0 Å². The molecule has 0 fully saturated rings. The average molecular weight is 1630 g/mol. The summed E-state index contributed by atoms with van der Waals surface area (Å²) in [5.41, 5.74) is 24.7. The first-order valence-corrected chi connectivity index (χ1v) is 43.3. The normalized spacial score (nSPS) is 12.0. The molecular formula is C114H68N10OS. The maximum absolute atomic E-state index is 7.25. The lowest BCUT2D eigenvalue weighted by Gasteiger charge is -2.23. The fourth-order valence-electron chi connectivity index (χ4n) is 19.9. The number of aromatic nitrogens is 10. The van der Waals surface area contributed by atoms with Crippen LogP contribution in [0.3, 0.4) is 0 Å². The highest BCUT2D eigenvalue weighted by molar-refractivity contribution is 7.26. The number of hydrogen-bond donors (Lipinski definition) is 0. The number of rotatable bonds is 13. The van der Waals surface area contributed by atoms with E-state index in [4.69, 9.17) is 34.3 Å². The number of nitrogens with zero attached hydrogens (tertiary/aromatic N) is 10. The molecule has 0 saturated carbocycles. The van der Waals surface area contributed by atoms with Crippen LogP contribution in [0.1, 0.15) is 0 Å². The zero-order chi connectivity index (χ0) is 82.6. The van der Waals surface area contributed by atoms with Gasteiger partial charge in [0.15, 0.2) is 34.9 Å². The molecule has 11 nitrogen and oxygen atoms in total. The van der Waals surface area contributed by atoms with Gasteiger partial charge in [0.05, 0.1) is 66.9 Å². The maximum atomic E-state index is 7.25. The zero-order valence-electron chi connectivity index (χ0n) is 67.5. The Morgan fingerprint density at radius 3 is 1.05 bits per heavy atom. The predicted molar refractivity (Wildman–Crippen MR) is 520 cm³/mol. The second-order valence-corrected chi connectivity index (χ2v) is 33.3. The molecular weight excluding hydrogens is 1560 g/mol. The van der Waals surface area contributed by atoms with E-state index in [0.29, 0.717) is 34.9 Å². The third-order valence-electron chi connectivity index (χ3n) is 25.3. The van der Waals surface area contributed by atoms with Crippen molar-refractivity contribution < 1.29 is 4.42 Å². The molecule has 0 atom stereocenters. The Labute approximate surface area is 725 Å². The summed E-state index contributed by atoms with van der Waals surface area (Å²) in [6.07, 6.45) is 0. The Hall–Kier alpha value is -16.8. The molecule has 8 aromatic heterocycles. The summed E-state index contributed by atoms with van der Waals surface area (Å²) >= 11 is 1.82. The number of thiophene rings is 1. The second kappa shape index (κ2) is 28.4. The topological polar surface area (TPSA) is 110 Å². The highest BCUT2D eigenvalue weighted by Crippen LogP contribution is 2.53. The standard InChI is InChI=1S/C114H68N10OS/c1-4-32-69(33-5-1)109-115-110(70-34-6-2-7-35-70)118-114(117-109)89-65-67-99(106(124-94-58-23-14-44-79(94)80-45-15-24-59-95(80)124)104(89)87-53-30-51-84-82-47-18-27-63-101(82)126-108(84)87)122-96-60-25-16-48-85(96)102-74(49-31-61-97(102)122)72-38-28-39-73(68-72)112-116-111(71-36-8-3-9-37-71)119-113(120-112)88-64-66-98(121-90-54-19-10-40-75(90)76-41-11-20-55-91(76)121)105(123-92-56-21-12-42-77(92)78-43-13-22-57-93(78)123)103(88)86-52-29-50-83-81-46-17-26-62-100(81)125-107(83)86/h1-68H. The van der Waals surface area contributed by atoms with Gasteiger partial charge in [0.1, 0.15) is 11.2 Å². The van der Waals surface area contributed by atoms with Crippen molar-refractivity contribution in [3.05, 3.63) is 413 Å². The van der Waals surface area contributed by atoms with E-state index in [1.165, 1.54) is 15.5 Å². The molecule has 586 valence electrons. The minimum atomic E-state index is 0.491. The molecule has 8 heterocycles. The quantitative estimate of drug-likeness (QED) is 0.113. The van der Waals surface area contributed by atoms with E-state index in [1.807, 2.05) is 59.9 Å². The summed E-state index contributed by atoms with van der Waals surface area (Å²) in [6, 6.07) is 148. The van der Waals surface area contributed by atoms with Crippen molar-refractivity contribution in [2.45, 2.75) is 0 Å². The van der Waals surface area contributed by atoms with Gasteiger partial charge in [-0.25, -0.2) is 29.9 Å². The smallest absolute Gasteiger partial charge is 0.164 e. The Kier molecular flexibility index (Phi) is 16.0. The molecule has 126 heavy (non-hydrogen) atoms. The lowest BCUT2D eigenvalue weighted by atomic mass is 9.93. The average Bonchev–Trinajstić information content (AvgIpc) is 1.51. The number of furan rings is 1. The molecule has 18 aromatic carbocycles. The largest absolute Gasteiger partial charge is 0.455 e. The van der Waals surface area contributed by atoms with Gasteiger partial charge in [0, 0.05) is 130 Å². The molecule has 0 amide bonds. The van der Waals surface area contributed by atoms with Crippen LogP contribution in [-0.2, 0) is 0 Å². The highest BCUT2D eigenvalue weighted by Gasteiger charge is 2.33. The van der Waals surface area contributed by atoms with Crippen LogP contribution < -0.4 is 0 Å². The number of benzene rings is 18. The molecule has 0 spiro atoms. The fourth-order valence-corrected chi connectivity index (χ4v) is 21.1. The van der Waals surface area contributed by atoms with Crippen molar-refractivity contribution in [2.75, 3.05) is 0 Å². The monoisotopic (exact) mass is 1620 g/mol. The third-order valence-corrected chi connectivity index (χ3v) is 26.5. The van der Waals surface area contributed by atoms with E-state index in [-0.39, 0.29) is 0 Å². The van der Waals surface area contributed by atoms with Crippen LogP contribution in [0.5, 0.6) is 0 Å². The predicted octanol–water partition coefficient (Wildman–Crippen LogP) is 29.7. The molecule has 0 N–H and O–H groups in total. The Morgan fingerprint density at radius 1 is 0.206 bits per heavy atom. The molecule has 26 aromatic rings. The third kappa shape index (κ3) is 11.0. The molecule has 12 heteroatoms. The summed E-state index contributed by atoms with van der Waals surface area (Å²) in [4.78, 5) is 33.7. The van der Waals surface area contributed by atoms with Gasteiger partial charge in [0.2, 0.25) is 0 Å². The van der Waals surface area contributed by atoms with Gasteiger partial charge in [-0.15, -0.1) is 11.3 Å². The summed E-state index contributed by atoms with van der Waals surface area (Å²) in [7, 11) is 0. The van der Waals surface area contributed by atoms with E-state index in [2.05, 4.69) is 382 Å². The molecule has 0 radical (unpaired) electrons. The molecule has 0 aliphatic rings. The van der Waals surface area contributed by atoms with Gasteiger partial charge in [-0.1, -0.05) is 322 Å². The van der Waals surface area contributed by atoms with Gasteiger partial charge in [-0.3, -0.25) is 0 Å². The van der Waals surface area contributed by atoms with Crippen LogP contribution in [0.4, 0.5) is 0 Å². The fraction of sp³-hybridized carbons (Fsp3) is 0. The number of para-hydroxylation sites is 9. The van der Waals surface area contributed by atoms with E-state index < -0.39 is 0 Å². The molecule has 0 saturated heterocycles. The molecule has 0 aliphatic carbocycles.